The number of benzene rings is 3. The van der Waals surface area contributed by atoms with Gasteiger partial charge in [0.1, 0.15) is 0 Å². The van der Waals surface area contributed by atoms with Gasteiger partial charge in [-0.25, -0.2) is 17.2 Å². The molecule has 5 nitrogen and oxygen atoms in total. The van der Waals surface area contributed by atoms with Crippen LogP contribution in [-0.2, 0) is 22.6 Å². The fraction of sp³-hybridized carbons (Fsp3) is 0.367. The molecule has 4 rings (SSSR count). The van der Waals surface area contributed by atoms with E-state index >= 15 is 0 Å². The first-order valence-corrected chi connectivity index (χ1v) is 14.9. The summed E-state index contributed by atoms with van der Waals surface area (Å²) in [6.07, 6.45) is -3.90. The van der Waals surface area contributed by atoms with E-state index in [1.807, 2.05) is 0 Å². The molecule has 1 aliphatic rings. The number of hydrogen-bond acceptors (Lipinski definition) is 4. The zero-order valence-corrected chi connectivity index (χ0v) is 23.4. The van der Waals surface area contributed by atoms with Gasteiger partial charge >= 0.3 is 6.18 Å². The van der Waals surface area contributed by atoms with E-state index in [4.69, 9.17) is 0 Å². The van der Waals surface area contributed by atoms with Gasteiger partial charge in [0.2, 0.25) is 0 Å². The smallest absolute Gasteiger partial charge is 0.362 e. The number of sulfone groups is 1. The molecule has 41 heavy (non-hydrogen) atoms. The van der Waals surface area contributed by atoms with Crippen molar-refractivity contribution in [3.8, 4) is 0 Å². The van der Waals surface area contributed by atoms with Crippen LogP contribution in [-0.4, -0.2) is 38.6 Å². The molecule has 0 aliphatic carbocycles. The first-order valence-electron chi connectivity index (χ1n) is 13.2. The quantitative estimate of drug-likeness (QED) is 0.290. The molecule has 1 amide bonds. The van der Waals surface area contributed by atoms with Gasteiger partial charge < -0.3 is 10.2 Å². The van der Waals surface area contributed by atoms with E-state index in [-0.39, 0.29) is 42.0 Å². The van der Waals surface area contributed by atoms with E-state index < -0.39 is 33.5 Å². The SMILES string of the molecule is CCS(=O)(=O)c1ccc(CNC(=O)c2ccc(N3CC(c4ccc(C(F)(F)F)cc4)CC[C@H]3C(C)(F)F)cc2)cc1. The van der Waals surface area contributed by atoms with Gasteiger partial charge in [-0.15, -0.1) is 0 Å². The molecule has 0 bridgehead atoms. The summed E-state index contributed by atoms with van der Waals surface area (Å²) >= 11 is 0. The van der Waals surface area contributed by atoms with E-state index in [2.05, 4.69) is 5.32 Å². The summed E-state index contributed by atoms with van der Waals surface area (Å²) < 4.78 is 92.0. The second-order valence-corrected chi connectivity index (χ2v) is 12.6. The van der Waals surface area contributed by atoms with Gasteiger partial charge in [-0.3, -0.25) is 4.79 Å². The third kappa shape index (κ3) is 7.25. The number of hydrogen-bond donors (Lipinski definition) is 1. The van der Waals surface area contributed by atoms with Crippen molar-refractivity contribution in [2.45, 2.75) is 62.2 Å². The maximum absolute atomic E-state index is 14.6. The lowest BCUT2D eigenvalue weighted by Gasteiger charge is -2.43. The largest absolute Gasteiger partial charge is 0.416 e. The third-order valence-electron chi connectivity index (χ3n) is 7.45. The van der Waals surface area contributed by atoms with Crippen molar-refractivity contribution in [2.24, 2.45) is 0 Å². The van der Waals surface area contributed by atoms with Crippen LogP contribution in [0.5, 0.6) is 0 Å². The predicted molar refractivity (Wildman–Crippen MR) is 147 cm³/mol. The Bertz CT molecular complexity index is 1450. The zero-order valence-electron chi connectivity index (χ0n) is 22.6. The van der Waals surface area contributed by atoms with Crippen molar-refractivity contribution in [3.05, 3.63) is 95.1 Å². The fourth-order valence-corrected chi connectivity index (χ4v) is 5.95. The molecule has 0 aromatic heterocycles. The monoisotopic (exact) mass is 594 g/mol. The van der Waals surface area contributed by atoms with Gasteiger partial charge in [-0.05, 0) is 72.5 Å². The summed E-state index contributed by atoms with van der Waals surface area (Å²) in [5.74, 6) is -3.66. The van der Waals surface area contributed by atoms with Gasteiger partial charge in [0.15, 0.2) is 9.84 Å². The second kappa shape index (κ2) is 11.8. The summed E-state index contributed by atoms with van der Waals surface area (Å²) in [6.45, 7) is 2.77. The summed E-state index contributed by atoms with van der Waals surface area (Å²) in [4.78, 5) is 14.5. The Morgan fingerprint density at radius 3 is 2.05 bits per heavy atom. The number of nitrogens with one attached hydrogen (secondary N) is 1. The van der Waals surface area contributed by atoms with E-state index in [0.717, 1.165) is 19.1 Å². The van der Waals surface area contributed by atoms with Crippen LogP contribution in [0.4, 0.5) is 27.6 Å². The van der Waals surface area contributed by atoms with Crippen molar-refractivity contribution in [1.82, 2.24) is 5.32 Å². The highest BCUT2D eigenvalue weighted by Gasteiger charge is 2.42. The van der Waals surface area contributed by atoms with Gasteiger partial charge in [-0.1, -0.05) is 31.2 Å². The number of alkyl halides is 5. The number of carbonyl (C=O) groups excluding carboxylic acids is 1. The van der Waals surface area contributed by atoms with E-state index in [9.17, 15) is 35.2 Å². The molecule has 1 saturated heterocycles. The summed E-state index contributed by atoms with van der Waals surface area (Å²) in [6, 6.07) is 16.2. The van der Waals surface area contributed by atoms with Crippen molar-refractivity contribution in [1.29, 1.82) is 0 Å². The van der Waals surface area contributed by atoms with Gasteiger partial charge in [0.25, 0.3) is 11.8 Å². The van der Waals surface area contributed by atoms with Crippen LogP contribution in [0.15, 0.2) is 77.7 Å². The molecule has 1 aliphatic heterocycles. The Balaban J connectivity index is 1.46. The highest BCUT2D eigenvalue weighted by atomic mass is 32.2. The zero-order chi connectivity index (χ0) is 30.0. The second-order valence-electron chi connectivity index (χ2n) is 10.3. The highest BCUT2D eigenvalue weighted by molar-refractivity contribution is 7.91. The molecule has 3 aromatic rings. The minimum Gasteiger partial charge on any atom is -0.362 e. The van der Waals surface area contributed by atoms with Gasteiger partial charge in [0, 0.05) is 37.2 Å². The minimum atomic E-state index is -4.46. The van der Waals surface area contributed by atoms with Crippen LogP contribution in [0.1, 0.15) is 59.7 Å². The Morgan fingerprint density at radius 2 is 1.51 bits per heavy atom. The number of nitrogens with zero attached hydrogens (tertiary/aromatic N) is 1. The molecule has 0 spiro atoms. The summed E-state index contributed by atoms with van der Waals surface area (Å²) in [5, 5.41) is 2.76. The summed E-state index contributed by atoms with van der Waals surface area (Å²) in [5.41, 5.74) is 1.40. The van der Waals surface area contributed by atoms with E-state index in [1.54, 1.807) is 36.1 Å². The van der Waals surface area contributed by atoms with Crippen LogP contribution in [0.25, 0.3) is 0 Å². The van der Waals surface area contributed by atoms with Gasteiger partial charge in [0.05, 0.1) is 22.3 Å². The molecule has 1 heterocycles. The lowest BCUT2D eigenvalue weighted by Crippen LogP contribution is -2.51. The average molecular weight is 595 g/mol. The molecule has 2 atom stereocenters. The average Bonchev–Trinajstić information content (AvgIpc) is 2.95. The van der Waals surface area contributed by atoms with Crippen molar-refractivity contribution in [2.75, 3.05) is 17.2 Å². The van der Waals surface area contributed by atoms with Crippen LogP contribution in [0.3, 0.4) is 0 Å². The van der Waals surface area contributed by atoms with Crippen molar-refractivity contribution >= 4 is 21.4 Å². The lowest BCUT2D eigenvalue weighted by molar-refractivity contribution is -0.137. The molecular formula is C30H31F5N2O3S. The Morgan fingerprint density at radius 1 is 0.902 bits per heavy atom. The molecule has 1 unspecified atom stereocenters. The van der Waals surface area contributed by atoms with Crippen molar-refractivity contribution < 1.29 is 35.2 Å². The number of amides is 1. The molecule has 3 aromatic carbocycles. The van der Waals surface area contributed by atoms with Crippen LogP contribution in [0.2, 0.25) is 0 Å². The molecular weight excluding hydrogens is 563 g/mol. The van der Waals surface area contributed by atoms with Crippen molar-refractivity contribution in [3.63, 3.8) is 0 Å². The van der Waals surface area contributed by atoms with Crippen LogP contribution >= 0.6 is 0 Å². The fourth-order valence-electron chi connectivity index (χ4n) is 5.07. The van der Waals surface area contributed by atoms with E-state index in [1.165, 1.54) is 36.4 Å². The first-order chi connectivity index (χ1) is 19.2. The number of halogens is 5. The van der Waals surface area contributed by atoms with Gasteiger partial charge in [-0.2, -0.15) is 13.2 Å². The highest BCUT2D eigenvalue weighted by Crippen LogP contribution is 2.40. The van der Waals surface area contributed by atoms with Crippen LogP contribution in [0, 0.1) is 0 Å². The topological polar surface area (TPSA) is 66.5 Å². The van der Waals surface area contributed by atoms with E-state index in [0.29, 0.717) is 28.8 Å². The first kappa shape index (κ1) is 30.5. The standard InChI is InChI=1S/C30H31F5N2O3S/c1-3-41(39,40)26-15-4-20(5-16-26)18-36-28(38)22-8-13-25(14-9-22)37-19-23(10-17-27(37)29(2,31)32)21-6-11-24(12-7-21)30(33,34)35/h4-9,11-16,23,27H,3,10,17-19H2,1-2H3,(H,36,38)/t23?,27-/m0/s1. The molecule has 220 valence electrons. The predicted octanol–water partition coefficient (Wildman–Crippen LogP) is 6.84. The number of carbonyl (C=O) groups is 1. The molecule has 1 N–H and O–H groups in total. The minimum absolute atomic E-state index is 0.0110. The Hall–Kier alpha value is -3.47. The Labute approximate surface area is 236 Å². The maximum Gasteiger partial charge on any atom is 0.416 e. The van der Waals surface area contributed by atoms with Crippen LogP contribution < -0.4 is 10.2 Å². The summed E-state index contributed by atoms with van der Waals surface area (Å²) in [7, 11) is -3.32. The molecule has 0 saturated carbocycles. The molecule has 11 heteroatoms. The molecule has 1 fully saturated rings. The lowest BCUT2D eigenvalue weighted by atomic mass is 9.85. The third-order valence-corrected chi connectivity index (χ3v) is 9.20. The normalized spacial score (nSPS) is 18.3. The Kier molecular flexibility index (Phi) is 8.77. The number of rotatable bonds is 8. The number of piperidine rings is 1. The number of anilines is 1. The molecule has 0 radical (unpaired) electrons. The maximum atomic E-state index is 14.6.